The molecule has 5 heteroatoms. The highest BCUT2D eigenvalue weighted by Gasteiger charge is 2.18. The molecule has 1 heterocycles. The molecule has 0 atom stereocenters. The zero-order chi connectivity index (χ0) is 12.1. The molecular formula is C11H20N4O. The lowest BCUT2D eigenvalue weighted by Gasteiger charge is -2.05. The van der Waals surface area contributed by atoms with E-state index in [9.17, 15) is 4.79 Å². The van der Waals surface area contributed by atoms with Crippen molar-refractivity contribution in [1.29, 1.82) is 0 Å². The van der Waals surface area contributed by atoms with E-state index < -0.39 is 0 Å². The molecule has 0 saturated heterocycles. The number of amides is 1. The maximum absolute atomic E-state index is 11.8. The third-order valence-electron chi connectivity index (χ3n) is 2.53. The highest BCUT2D eigenvalue weighted by molar-refractivity contribution is 5.97. The van der Waals surface area contributed by atoms with Crippen molar-refractivity contribution in [2.24, 2.45) is 7.05 Å². The predicted octanol–water partition coefficient (Wildman–Crippen LogP) is 1.09. The number of rotatable bonds is 5. The van der Waals surface area contributed by atoms with Crippen LogP contribution < -0.4 is 11.1 Å². The summed E-state index contributed by atoms with van der Waals surface area (Å²) in [6.45, 7) is 4.73. The number of carbonyl (C=O) groups excluding carboxylic acids is 1. The lowest BCUT2D eigenvalue weighted by Crippen LogP contribution is -2.27. The van der Waals surface area contributed by atoms with Crippen LogP contribution in [0, 0.1) is 0 Å². The van der Waals surface area contributed by atoms with E-state index in [2.05, 4.69) is 17.3 Å². The zero-order valence-electron chi connectivity index (χ0n) is 10.2. The topological polar surface area (TPSA) is 72.9 Å². The summed E-state index contributed by atoms with van der Waals surface area (Å²) < 4.78 is 1.55. The van der Waals surface area contributed by atoms with Gasteiger partial charge in [-0.3, -0.25) is 9.48 Å². The molecule has 0 aliphatic heterocycles. The molecule has 0 spiro atoms. The lowest BCUT2D eigenvalue weighted by molar-refractivity contribution is 0.0944. The Bertz CT molecular complexity index is 370. The first-order valence-electron chi connectivity index (χ1n) is 5.71. The number of hydrogen-bond donors (Lipinski definition) is 2. The number of nitrogens with one attached hydrogen (secondary N) is 1. The summed E-state index contributed by atoms with van der Waals surface area (Å²) in [4.78, 5) is 11.8. The van der Waals surface area contributed by atoms with Gasteiger partial charge in [-0.1, -0.05) is 20.3 Å². The van der Waals surface area contributed by atoms with Gasteiger partial charge in [-0.05, 0) is 12.8 Å². The maximum Gasteiger partial charge on any atom is 0.271 e. The second kappa shape index (κ2) is 5.53. The average Bonchev–Trinajstić information content (AvgIpc) is 2.54. The first-order chi connectivity index (χ1) is 7.61. The summed E-state index contributed by atoms with van der Waals surface area (Å²) in [6, 6.07) is 0. The first kappa shape index (κ1) is 12.5. The number of aryl methyl sites for hydroxylation is 2. The number of aromatic nitrogens is 2. The fourth-order valence-electron chi connectivity index (χ4n) is 1.59. The van der Waals surface area contributed by atoms with Crippen LogP contribution in [0.4, 0.5) is 5.69 Å². The Morgan fingerprint density at radius 1 is 1.50 bits per heavy atom. The van der Waals surface area contributed by atoms with Gasteiger partial charge in [-0.15, -0.1) is 0 Å². The standard InChI is InChI=1S/C11H20N4O/c1-4-6-7-13-11(16)10-9(12)8(5-2)14-15(10)3/h4-7,12H2,1-3H3,(H,13,16). The summed E-state index contributed by atoms with van der Waals surface area (Å²) in [7, 11) is 1.74. The summed E-state index contributed by atoms with van der Waals surface area (Å²) in [6.07, 6.45) is 2.77. The molecule has 0 fully saturated rings. The fraction of sp³-hybridized carbons (Fsp3) is 0.636. The highest BCUT2D eigenvalue weighted by Crippen LogP contribution is 2.16. The Kier molecular flexibility index (Phi) is 4.34. The highest BCUT2D eigenvalue weighted by atomic mass is 16.2. The van der Waals surface area contributed by atoms with Crippen LogP contribution in [0.5, 0.6) is 0 Å². The second-order valence-corrected chi connectivity index (χ2v) is 3.80. The fourth-order valence-corrected chi connectivity index (χ4v) is 1.59. The summed E-state index contributed by atoms with van der Waals surface area (Å²) in [5.74, 6) is -0.138. The Labute approximate surface area is 96.0 Å². The maximum atomic E-state index is 11.8. The third kappa shape index (κ3) is 2.53. The predicted molar refractivity (Wildman–Crippen MR) is 64.2 cm³/mol. The van der Waals surface area contributed by atoms with Crippen LogP contribution in [0.2, 0.25) is 0 Å². The van der Waals surface area contributed by atoms with Gasteiger partial charge in [0.05, 0.1) is 11.4 Å². The second-order valence-electron chi connectivity index (χ2n) is 3.80. The smallest absolute Gasteiger partial charge is 0.271 e. The first-order valence-corrected chi connectivity index (χ1v) is 5.71. The molecule has 0 bridgehead atoms. The quantitative estimate of drug-likeness (QED) is 0.735. The normalized spacial score (nSPS) is 10.4. The van der Waals surface area contributed by atoms with Crippen LogP contribution in [0.1, 0.15) is 42.9 Å². The SMILES string of the molecule is CCCCNC(=O)c1c(N)c(CC)nn1C. The zero-order valence-corrected chi connectivity index (χ0v) is 10.2. The molecule has 0 radical (unpaired) electrons. The Hall–Kier alpha value is -1.52. The molecule has 1 aromatic heterocycles. The molecule has 0 aliphatic carbocycles. The number of nitrogens with two attached hydrogens (primary N) is 1. The van der Waals surface area contributed by atoms with Gasteiger partial charge in [0, 0.05) is 13.6 Å². The van der Waals surface area contributed by atoms with E-state index in [4.69, 9.17) is 5.73 Å². The number of anilines is 1. The van der Waals surface area contributed by atoms with E-state index in [1.165, 1.54) is 0 Å². The molecule has 3 N–H and O–H groups in total. The molecule has 16 heavy (non-hydrogen) atoms. The number of unbranched alkanes of at least 4 members (excludes halogenated alkanes) is 1. The van der Waals surface area contributed by atoms with Crippen molar-refractivity contribution in [3.05, 3.63) is 11.4 Å². The van der Waals surface area contributed by atoms with Crippen molar-refractivity contribution in [3.8, 4) is 0 Å². The van der Waals surface area contributed by atoms with Gasteiger partial charge in [0.2, 0.25) is 0 Å². The van der Waals surface area contributed by atoms with Crippen LogP contribution in [-0.2, 0) is 13.5 Å². The van der Waals surface area contributed by atoms with Crippen LogP contribution >= 0.6 is 0 Å². The van der Waals surface area contributed by atoms with Gasteiger partial charge >= 0.3 is 0 Å². The van der Waals surface area contributed by atoms with E-state index in [1.807, 2.05) is 6.92 Å². The van der Waals surface area contributed by atoms with Crippen molar-refractivity contribution in [2.75, 3.05) is 12.3 Å². The van der Waals surface area contributed by atoms with Gasteiger partial charge in [-0.25, -0.2) is 0 Å². The van der Waals surface area contributed by atoms with E-state index in [0.717, 1.165) is 25.0 Å². The van der Waals surface area contributed by atoms with Gasteiger partial charge in [0.1, 0.15) is 5.69 Å². The Morgan fingerprint density at radius 2 is 2.19 bits per heavy atom. The largest absolute Gasteiger partial charge is 0.395 e. The van der Waals surface area contributed by atoms with Crippen molar-refractivity contribution in [3.63, 3.8) is 0 Å². The molecule has 1 aromatic rings. The van der Waals surface area contributed by atoms with Gasteiger partial charge in [0.15, 0.2) is 0 Å². The van der Waals surface area contributed by atoms with Crippen molar-refractivity contribution in [1.82, 2.24) is 15.1 Å². The molecule has 1 amide bonds. The van der Waals surface area contributed by atoms with Crippen molar-refractivity contribution < 1.29 is 4.79 Å². The lowest BCUT2D eigenvalue weighted by atomic mass is 10.2. The van der Waals surface area contributed by atoms with Crippen molar-refractivity contribution >= 4 is 11.6 Å². The molecule has 0 aromatic carbocycles. The van der Waals surface area contributed by atoms with E-state index >= 15 is 0 Å². The minimum atomic E-state index is -0.138. The van der Waals surface area contributed by atoms with Crippen LogP contribution in [0.15, 0.2) is 0 Å². The van der Waals surface area contributed by atoms with Crippen LogP contribution in [0.3, 0.4) is 0 Å². The molecular weight excluding hydrogens is 204 g/mol. The van der Waals surface area contributed by atoms with E-state index in [0.29, 0.717) is 17.9 Å². The monoisotopic (exact) mass is 224 g/mol. The van der Waals surface area contributed by atoms with Gasteiger partial charge < -0.3 is 11.1 Å². The minimum Gasteiger partial charge on any atom is -0.395 e. The van der Waals surface area contributed by atoms with Crippen molar-refractivity contribution in [2.45, 2.75) is 33.1 Å². The third-order valence-corrected chi connectivity index (χ3v) is 2.53. The number of carbonyl (C=O) groups is 1. The van der Waals surface area contributed by atoms with E-state index in [1.54, 1.807) is 11.7 Å². The summed E-state index contributed by atoms with van der Waals surface area (Å²) >= 11 is 0. The molecule has 5 nitrogen and oxygen atoms in total. The molecule has 1 rings (SSSR count). The molecule has 0 saturated carbocycles. The summed E-state index contributed by atoms with van der Waals surface area (Å²) in [5.41, 5.74) is 7.62. The van der Waals surface area contributed by atoms with Crippen LogP contribution in [0.25, 0.3) is 0 Å². The summed E-state index contributed by atoms with van der Waals surface area (Å²) in [5, 5.41) is 7.05. The number of nitrogen functional groups attached to an aromatic ring is 1. The average molecular weight is 224 g/mol. The van der Waals surface area contributed by atoms with Gasteiger partial charge in [0.25, 0.3) is 5.91 Å². The Balaban J connectivity index is 2.78. The molecule has 90 valence electrons. The van der Waals surface area contributed by atoms with E-state index in [-0.39, 0.29) is 5.91 Å². The molecule has 0 unspecified atom stereocenters. The number of nitrogens with zero attached hydrogens (tertiary/aromatic N) is 2. The Morgan fingerprint density at radius 3 is 2.69 bits per heavy atom. The number of hydrogen-bond acceptors (Lipinski definition) is 3. The van der Waals surface area contributed by atoms with Crippen LogP contribution in [-0.4, -0.2) is 22.2 Å². The van der Waals surface area contributed by atoms with Gasteiger partial charge in [-0.2, -0.15) is 5.10 Å². The molecule has 0 aliphatic rings. The minimum absolute atomic E-state index is 0.138.